The number of carboxylic acid groups (broad SMARTS) is 1. The molecule has 0 atom stereocenters. The summed E-state index contributed by atoms with van der Waals surface area (Å²) < 4.78 is 2.06. The van der Waals surface area contributed by atoms with Gasteiger partial charge in [0.25, 0.3) is 0 Å². The van der Waals surface area contributed by atoms with E-state index in [9.17, 15) is 4.79 Å². The van der Waals surface area contributed by atoms with Crippen molar-refractivity contribution >= 4 is 22.7 Å². The Kier molecular flexibility index (Phi) is 3.78. The van der Waals surface area contributed by atoms with E-state index in [4.69, 9.17) is 10.8 Å². The predicted octanol–water partition coefficient (Wildman–Crippen LogP) is 3.15. The molecule has 22 heavy (non-hydrogen) atoms. The van der Waals surface area contributed by atoms with Gasteiger partial charge in [0.15, 0.2) is 0 Å². The summed E-state index contributed by atoms with van der Waals surface area (Å²) in [5.41, 5.74) is 9.39. The topological polar surface area (TPSA) is 81.1 Å². The molecule has 2 aromatic carbocycles. The van der Waals surface area contributed by atoms with E-state index in [0.29, 0.717) is 18.7 Å². The summed E-state index contributed by atoms with van der Waals surface area (Å²) in [7, 11) is 0. The summed E-state index contributed by atoms with van der Waals surface area (Å²) in [6, 6.07) is 15.4. The van der Waals surface area contributed by atoms with E-state index < -0.39 is 5.97 Å². The monoisotopic (exact) mass is 295 g/mol. The highest BCUT2D eigenvalue weighted by molar-refractivity contribution is 5.81. The van der Waals surface area contributed by atoms with Gasteiger partial charge >= 0.3 is 5.97 Å². The van der Waals surface area contributed by atoms with Gasteiger partial charge in [-0.15, -0.1) is 0 Å². The van der Waals surface area contributed by atoms with Gasteiger partial charge < -0.3 is 15.4 Å². The number of benzene rings is 2. The van der Waals surface area contributed by atoms with Gasteiger partial charge in [0.05, 0.1) is 11.0 Å². The lowest BCUT2D eigenvalue weighted by atomic mass is 10.2. The van der Waals surface area contributed by atoms with E-state index in [-0.39, 0.29) is 6.42 Å². The summed E-state index contributed by atoms with van der Waals surface area (Å²) >= 11 is 0. The van der Waals surface area contributed by atoms with Crippen molar-refractivity contribution in [3.8, 4) is 11.4 Å². The molecule has 3 rings (SSSR count). The molecule has 1 heterocycles. The predicted molar refractivity (Wildman–Crippen MR) is 86.5 cm³/mol. The number of carboxylic acids is 1. The fourth-order valence-corrected chi connectivity index (χ4v) is 2.59. The SMILES string of the molecule is Nc1cccc(-c2nc3ccccc3n2CCCC(=O)O)c1. The zero-order valence-electron chi connectivity index (χ0n) is 12.1. The highest BCUT2D eigenvalue weighted by Crippen LogP contribution is 2.26. The van der Waals surface area contributed by atoms with Crippen LogP contribution < -0.4 is 5.73 Å². The van der Waals surface area contributed by atoms with E-state index in [0.717, 1.165) is 22.4 Å². The summed E-state index contributed by atoms with van der Waals surface area (Å²) in [6.07, 6.45) is 0.702. The van der Waals surface area contributed by atoms with E-state index in [2.05, 4.69) is 9.55 Å². The Labute approximate surface area is 128 Å². The molecule has 112 valence electrons. The van der Waals surface area contributed by atoms with Crippen molar-refractivity contribution in [1.29, 1.82) is 0 Å². The molecule has 0 saturated carbocycles. The first kappa shape index (κ1) is 14.1. The Morgan fingerprint density at radius 1 is 1.18 bits per heavy atom. The molecule has 0 saturated heterocycles. The second kappa shape index (κ2) is 5.89. The summed E-state index contributed by atoms with van der Waals surface area (Å²) in [6.45, 7) is 0.608. The maximum Gasteiger partial charge on any atom is 0.303 e. The van der Waals surface area contributed by atoms with E-state index in [1.807, 2.05) is 48.5 Å². The molecule has 0 radical (unpaired) electrons. The van der Waals surface area contributed by atoms with Crippen molar-refractivity contribution in [2.75, 3.05) is 5.73 Å². The number of nitrogen functional groups attached to an aromatic ring is 1. The minimum Gasteiger partial charge on any atom is -0.481 e. The fraction of sp³-hybridized carbons (Fsp3) is 0.176. The molecule has 0 aliphatic rings. The largest absolute Gasteiger partial charge is 0.481 e. The number of carbonyl (C=O) groups is 1. The Hall–Kier alpha value is -2.82. The number of aryl methyl sites for hydroxylation is 1. The number of para-hydroxylation sites is 2. The number of aliphatic carboxylic acids is 1. The normalized spacial score (nSPS) is 10.9. The molecule has 0 fully saturated rings. The fourth-order valence-electron chi connectivity index (χ4n) is 2.59. The van der Waals surface area contributed by atoms with E-state index in [1.54, 1.807) is 0 Å². The van der Waals surface area contributed by atoms with Gasteiger partial charge in [-0.3, -0.25) is 4.79 Å². The van der Waals surface area contributed by atoms with Crippen LogP contribution >= 0.6 is 0 Å². The lowest BCUT2D eigenvalue weighted by Gasteiger charge is -2.09. The van der Waals surface area contributed by atoms with Crippen LogP contribution in [0.25, 0.3) is 22.4 Å². The van der Waals surface area contributed by atoms with Gasteiger partial charge in [0, 0.05) is 24.2 Å². The molecule has 0 spiro atoms. The minimum atomic E-state index is -0.782. The molecule has 3 aromatic rings. The number of nitrogens with zero attached hydrogens (tertiary/aromatic N) is 2. The van der Waals surface area contributed by atoms with Gasteiger partial charge in [-0.2, -0.15) is 0 Å². The zero-order valence-corrected chi connectivity index (χ0v) is 12.1. The van der Waals surface area contributed by atoms with Crippen LogP contribution in [0.5, 0.6) is 0 Å². The molecule has 1 aromatic heterocycles. The highest BCUT2D eigenvalue weighted by atomic mass is 16.4. The third-order valence-corrected chi connectivity index (χ3v) is 3.57. The molecule has 5 heteroatoms. The van der Waals surface area contributed by atoms with Crippen molar-refractivity contribution in [2.24, 2.45) is 0 Å². The number of aromatic nitrogens is 2. The number of imidazole rings is 1. The number of anilines is 1. The molecule has 0 aliphatic heterocycles. The third kappa shape index (κ3) is 2.79. The number of fused-ring (bicyclic) bond motifs is 1. The van der Waals surface area contributed by atoms with Gasteiger partial charge in [0.1, 0.15) is 5.82 Å². The number of hydrogen-bond donors (Lipinski definition) is 2. The summed E-state index contributed by atoms with van der Waals surface area (Å²) in [5, 5.41) is 8.84. The average molecular weight is 295 g/mol. The van der Waals surface area contributed by atoms with Crippen LogP contribution in [0.1, 0.15) is 12.8 Å². The third-order valence-electron chi connectivity index (χ3n) is 3.57. The van der Waals surface area contributed by atoms with Crippen LogP contribution in [0.3, 0.4) is 0 Å². The van der Waals surface area contributed by atoms with Crippen LogP contribution in [0.15, 0.2) is 48.5 Å². The Morgan fingerprint density at radius 3 is 2.77 bits per heavy atom. The molecule has 0 unspecified atom stereocenters. The van der Waals surface area contributed by atoms with Crippen molar-refractivity contribution in [3.63, 3.8) is 0 Å². The Balaban J connectivity index is 2.06. The molecule has 3 N–H and O–H groups in total. The maximum absolute atomic E-state index is 10.7. The first-order chi connectivity index (χ1) is 10.6. The quantitative estimate of drug-likeness (QED) is 0.708. The minimum absolute atomic E-state index is 0.142. The van der Waals surface area contributed by atoms with Crippen LogP contribution in [0.2, 0.25) is 0 Å². The number of hydrogen-bond acceptors (Lipinski definition) is 3. The Bertz CT molecular complexity index is 824. The standard InChI is InChI=1S/C17H17N3O2/c18-13-6-3-5-12(11-13)17-19-14-7-1-2-8-15(14)20(17)10-4-9-16(21)22/h1-3,5-8,11H,4,9-10,18H2,(H,21,22). The molecule has 0 amide bonds. The first-order valence-electron chi connectivity index (χ1n) is 7.18. The lowest BCUT2D eigenvalue weighted by molar-refractivity contribution is -0.137. The van der Waals surface area contributed by atoms with Gasteiger partial charge in [-0.1, -0.05) is 24.3 Å². The van der Waals surface area contributed by atoms with E-state index in [1.165, 1.54) is 0 Å². The van der Waals surface area contributed by atoms with Crippen molar-refractivity contribution in [3.05, 3.63) is 48.5 Å². The molecule has 0 bridgehead atoms. The summed E-state index contributed by atoms with van der Waals surface area (Å²) in [5.74, 6) is 0.0359. The van der Waals surface area contributed by atoms with Crippen LogP contribution in [-0.4, -0.2) is 20.6 Å². The number of rotatable bonds is 5. The first-order valence-corrected chi connectivity index (χ1v) is 7.18. The second-order valence-electron chi connectivity index (χ2n) is 5.20. The average Bonchev–Trinajstić information content (AvgIpc) is 2.86. The van der Waals surface area contributed by atoms with E-state index >= 15 is 0 Å². The van der Waals surface area contributed by atoms with Crippen molar-refractivity contribution < 1.29 is 9.90 Å². The van der Waals surface area contributed by atoms with Crippen LogP contribution in [0, 0.1) is 0 Å². The molecular formula is C17H17N3O2. The molecule has 5 nitrogen and oxygen atoms in total. The second-order valence-corrected chi connectivity index (χ2v) is 5.20. The number of nitrogens with two attached hydrogens (primary N) is 1. The zero-order chi connectivity index (χ0) is 15.5. The molecule has 0 aliphatic carbocycles. The van der Waals surface area contributed by atoms with Gasteiger partial charge in [-0.05, 0) is 30.7 Å². The maximum atomic E-state index is 10.7. The Morgan fingerprint density at radius 2 is 2.00 bits per heavy atom. The summed E-state index contributed by atoms with van der Waals surface area (Å²) in [4.78, 5) is 15.4. The van der Waals surface area contributed by atoms with Crippen molar-refractivity contribution in [2.45, 2.75) is 19.4 Å². The lowest BCUT2D eigenvalue weighted by Crippen LogP contribution is -2.04. The van der Waals surface area contributed by atoms with Crippen molar-refractivity contribution in [1.82, 2.24) is 9.55 Å². The van der Waals surface area contributed by atoms with Gasteiger partial charge in [-0.25, -0.2) is 4.98 Å². The van der Waals surface area contributed by atoms with Gasteiger partial charge in [0.2, 0.25) is 0 Å². The van der Waals surface area contributed by atoms with Crippen LogP contribution in [-0.2, 0) is 11.3 Å². The highest BCUT2D eigenvalue weighted by Gasteiger charge is 2.12. The smallest absolute Gasteiger partial charge is 0.303 e. The molecular weight excluding hydrogens is 278 g/mol. The van der Waals surface area contributed by atoms with Crippen LogP contribution in [0.4, 0.5) is 5.69 Å².